The zero-order chi connectivity index (χ0) is 20.6. The number of piperidine rings is 1. The Labute approximate surface area is 172 Å². The molecule has 1 amide bonds. The first kappa shape index (κ1) is 21.4. The molecule has 1 saturated heterocycles. The van der Waals surface area contributed by atoms with Gasteiger partial charge in [0, 0.05) is 39.0 Å². The zero-order valence-electron chi connectivity index (χ0n) is 17.4. The number of nitriles is 1. The molecular weight excluding hydrogens is 370 g/mol. The number of hydrogen-bond acceptors (Lipinski definition) is 6. The summed E-state index contributed by atoms with van der Waals surface area (Å²) in [7, 11) is 1.73. The number of carbonyl (C=O) groups excluding carboxylic acids is 1. The number of amides is 1. The number of likely N-dealkylation sites (tertiary alicyclic amines) is 1. The number of benzene rings is 1. The Morgan fingerprint density at radius 1 is 1.38 bits per heavy atom. The van der Waals surface area contributed by atoms with Crippen LogP contribution in [-0.2, 0) is 4.74 Å². The highest BCUT2D eigenvalue weighted by atomic mass is 16.5. The molecule has 2 aliphatic rings. The van der Waals surface area contributed by atoms with E-state index in [1.165, 1.54) is 0 Å². The lowest BCUT2D eigenvalue weighted by Crippen LogP contribution is -2.48. The molecule has 158 valence electrons. The van der Waals surface area contributed by atoms with Gasteiger partial charge in [0.25, 0.3) is 5.91 Å². The summed E-state index contributed by atoms with van der Waals surface area (Å²) < 4.78 is 17.3. The summed E-state index contributed by atoms with van der Waals surface area (Å²) in [6.45, 7) is 6.37. The molecule has 1 N–H and O–H groups in total. The molecule has 1 fully saturated rings. The minimum atomic E-state index is -0.137. The maximum atomic E-state index is 12.9. The van der Waals surface area contributed by atoms with E-state index >= 15 is 0 Å². The number of unbranched alkanes of at least 4 members (excludes halogenated alkanes) is 1. The molecule has 0 radical (unpaired) electrons. The number of fused-ring (bicyclic) bond motifs is 1. The van der Waals surface area contributed by atoms with Gasteiger partial charge in [0.05, 0.1) is 31.0 Å². The fraction of sp³-hybridized carbons (Fsp3) is 0.636. The summed E-state index contributed by atoms with van der Waals surface area (Å²) in [5.41, 5.74) is 1.50. The average Bonchev–Trinajstić information content (AvgIpc) is 2.97. The van der Waals surface area contributed by atoms with Crippen LogP contribution in [0.2, 0.25) is 0 Å². The Bertz CT molecular complexity index is 746. The van der Waals surface area contributed by atoms with E-state index in [1.807, 2.05) is 19.1 Å². The molecule has 2 atom stereocenters. The van der Waals surface area contributed by atoms with Gasteiger partial charge in [0.2, 0.25) is 0 Å². The van der Waals surface area contributed by atoms with Crippen molar-refractivity contribution in [3.63, 3.8) is 0 Å². The van der Waals surface area contributed by atoms with Crippen LogP contribution in [-0.4, -0.2) is 63.4 Å². The molecular formula is C22H31N3O4. The maximum Gasteiger partial charge on any atom is 0.255 e. The first-order valence-electron chi connectivity index (χ1n) is 10.4. The summed E-state index contributed by atoms with van der Waals surface area (Å²) in [6.07, 6.45) is 3.30. The number of methoxy groups -OCH3 is 1. The molecule has 0 spiro atoms. The summed E-state index contributed by atoms with van der Waals surface area (Å²) in [5, 5.41) is 11.8. The van der Waals surface area contributed by atoms with E-state index < -0.39 is 0 Å². The van der Waals surface area contributed by atoms with Crippen molar-refractivity contribution in [1.29, 1.82) is 5.26 Å². The minimum Gasteiger partial charge on any atom is -0.490 e. The molecule has 1 unspecified atom stereocenters. The van der Waals surface area contributed by atoms with E-state index in [4.69, 9.17) is 19.5 Å². The highest BCUT2D eigenvalue weighted by molar-refractivity contribution is 5.98. The lowest BCUT2D eigenvalue weighted by molar-refractivity contribution is -0.0105. The number of aryl methyl sites for hydroxylation is 1. The Hall–Kier alpha value is -2.30. The van der Waals surface area contributed by atoms with Crippen LogP contribution in [0.3, 0.4) is 0 Å². The number of ether oxygens (including phenoxy) is 3. The van der Waals surface area contributed by atoms with Crippen molar-refractivity contribution in [1.82, 2.24) is 10.2 Å². The number of rotatable bonds is 7. The van der Waals surface area contributed by atoms with E-state index in [2.05, 4.69) is 16.3 Å². The van der Waals surface area contributed by atoms with Gasteiger partial charge in [0.15, 0.2) is 11.5 Å². The maximum absolute atomic E-state index is 12.9. The van der Waals surface area contributed by atoms with Crippen LogP contribution in [0.15, 0.2) is 12.1 Å². The van der Waals surface area contributed by atoms with Crippen molar-refractivity contribution in [3.05, 3.63) is 23.3 Å². The third-order valence-corrected chi connectivity index (χ3v) is 5.61. The highest BCUT2D eigenvalue weighted by Gasteiger charge is 2.30. The zero-order valence-corrected chi connectivity index (χ0v) is 17.4. The second-order valence-corrected chi connectivity index (χ2v) is 7.79. The quantitative estimate of drug-likeness (QED) is 0.707. The van der Waals surface area contributed by atoms with Gasteiger partial charge in [-0.2, -0.15) is 5.26 Å². The molecule has 29 heavy (non-hydrogen) atoms. The average molecular weight is 402 g/mol. The van der Waals surface area contributed by atoms with Crippen molar-refractivity contribution in [2.75, 3.05) is 46.5 Å². The third-order valence-electron chi connectivity index (χ3n) is 5.61. The molecule has 0 bridgehead atoms. The molecule has 1 aromatic carbocycles. The van der Waals surface area contributed by atoms with Crippen LogP contribution < -0.4 is 14.8 Å². The molecule has 3 rings (SSSR count). The number of nitrogens with zero attached hydrogens (tertiary/aromatic N) is 2. The van der Waals surface area contributed by atoms with Crippen molar-refractivity contribution >= 4 is 5.91 Å². The number of hydrogen-bond donors (Lipinski definition) is 1. The van der Waals surface area contributed by atoms with E-state index in [-0.39, 0.29) is 17.9 Å². The minimum absolute atomic E-state index is 0.0698. The van der Waals surface area contributed by atoms with Crippen molar-refractivity contribution in [2.45, 2.75) is 38.7 Å². The van der Waals surface area contributed by atoms with Gasteiger partial charge in [-0.1, -0.05) is 0 Å². The topological polar surface area (TPSA) is 83.8 Å². The largest absolute Gasteiger partial charge is 0.490 e. The monoisotopic (exact) mass is 401 g/mol. The van der Waals surface area contributed by atoms with Crippen LogP contribution in [0.4, 0.5) is 0 Å². The fourth-order valence-corrected chi connectivity index (χ4v) is 4.01. The lowest BCUT2D eigenvalue weighted by atomic mass is 9.93. The van der Waals surface area contributed by atoms with Crippen LogP contribution in [0.25, 0.3) is 0 Å². The number of nitrogens with one attached hydrogen (secondary N) is 1. The molecule has 2 heterocycles. The Kier molecular flexibility index (Phi) is 7.73. The second-order valence-electron chi connectivity index (χ2n) is 7.79. The van der Waals surface area contributed by atoms with Gasteiger partial charge in [0.1, 0.15) is 0 Å². The third kappa shape index (κ3) is 5.62. The van der Waals surface area contributed by atoms with E-state index in [0.29, 0.717) is 43.2 Å². The molecule has 0 aromatic heterocycles. The van der Waals surface area contributed by atoms with Gasteiger partial charge in [-0.15, -0.1) is 0 Å². The Morgan fingerprint density at radius 2 is 2.21 bits per heavy atom. The van der Waals surface area contributed by atoms with Gasteiger partial charge in [-0.05, 0) is 50.6 Å². The standard InChI is InChI=1S/C22H31N3O4/c1-16-12-18(21-19(13-16)28-10-5-11-29-21)22(26)24-14-17-6-9-25(8-4-3-7-23)15-20(17)27-2/h12-13,17,20H,3-6,8-11,14-15H2,1-2H3,(H,24,26)/t17-,20?/m0/s1. The molecule has 7 heteroatoms. The van der Waals surface area contributed by atoms with Crippen molar-refractivity contribution in [3.8, 4) is 17.6 Å². The van der Waals surface area contributed by atoms with Crippen molar-refractivity contribution < 1.29 is 19.0 Å². The van der Waals surface area contributed by atoms with Gasteiger partial charge in [-0.25, -0.2) is 0 Å². The van der Waals surface area contributed by atoms with Crippen LogP contribution >= 0.6 is 0 Å². The van der Waals surface area contributed by atoms with E-state index in [1.54, 1.807) is 7.11 Å². The Morgan fingerprint density at radius 3 is 3.00 bits per heavy atom. The van der Waals surface area contributed by atoms with Crippen molar-refractivity contribution in [2.24, 2.45) is 5.92 Å². The molecule has 2 aliphatic heterocycles. The smallest absolute Gasteiger partial charge is 0.255 e. The van der Waals surface area contributed by atoms with Crippen LogP contribution in [0, 0.1) is 24.2 Å². The van der Waals surface area contributed by atoms with Gasteiger partial charge < -0.3 is 24.4 Å². The van der Waals surface area contributed by atoms with E-state index in [0.717, 1.165) is 44.5 Å². The predicted molar refractivity (Wildman–Crippen MR) is 109 cm³/mol. The van der Waals surface area contributed by atoms with Crippen LogP contribution in [0.5, 0.6) is 11.5 Å². The first-order chi connectivity index (χ1) is 14.1. The van der Waals surface area contributed by atoms with Gasteiger partial charge in [-0.3, -0.25) is 4.79 Å². The molecule has 0 aliphatic carbocycles. The SMILES string of the molecule is COC1CN(CCCC#N)CC[C@H]1CNC(=O)c1cc(C)cc2c1OCCCO2. The van der Waals surface area contributed by atoms with Gasteiger partial charge >= 0.3 is 0 Å². The summed E-state index contributed by atoms with van der Waals surface area (Å²) in [5.74, 6) is 1.31. The van der Waals surface area contributed by atoms with E-state index in [9.17, 15) is 4.79 Å². The molecule has 0 saturated carbocycles. The number of carbonyl (C=O) groups is 1. The molecule has 7 nitrogen and oxygen atoms in total. The lowest BCUT2D eigenvalue weighted by Gasteiger charge is -2.37. The second kappa shape index (κ2) is 10.5. The van der Waals surface area contributed by atoms with Crippen LogP contribution in [0.1, 0.15) is 41.6 Å². The predicted octanol–water partition coefficient (Wildman–Crippen LogP) is 2.53. The normalized spacial score (nSPS) is 21.8. The highest BCUT2D eigenvalue weighted by Crippen LogP contribution is 2.34. The summed E-state index contributed by atoms with van der Waals surface area (Å²) in [4.78, 5) is 15.3. The Balaban J connectivity index is 1.59. The summed E-state index contributed by atoms with van der Waals surface area (Å²) in [6, 6.07) is 5.97. The molecule has 1 aromatic rings. The summed E-state index contributed by atoms with van der Waals surface area (Å²) >= 11 is 0. The fourth-order valence-electron chi connectivity index (χ4n) is 4.01. The first-order valence-corrected chi connectivity index (χ1v) is 10.4.